The molecule has 1 aliphatic heterocycles. The Balaban J connectivity index is 2.08. The van der Waals surface area contributed by atoms with E-state index in [9.17, 15) is 4.39 Å². The lowest BCUT2D eigenvalue weighted by molar-refractivity contribution is 0.209. The van der Waals surface area contributed by atoms with Crippen LogP contribution in [0, 0.1) is 12.3 Å². The number of aliphatic imine (C=N–C) groups is 1. The summed E-state index contributed by atoms with van der Waals surface area (Å²) in [5.74, 6) is 4.20. The van der Waals surface area contributed by atoms with Crippen molar-refractivity contribution in [2.45, 2.75) is 26.7 Å². The minimum absolute atomic E-state index is 0.332. The van der Waals surface area contributed by atoms with Crippen LogP contribution in [0.4, 0.5) is 10.2 Å². The lowest BCUT2D eigenvalue weighted by atomic mass is 10.1. The number of nitrogens with one attached hydrogen (secondary N) is 2. The zero-order valence-electron chi connectivity index (χ0n) is 16.5. The van der Waals surface area contributed by atoms with E-state index in [2.05, 4.69) is 26.5 Å². The van der Waals surface area contributed by atoms with Crippen molar-refractivity contribution >= 4 is 11.5 Å². The fourth-order valence-electron chi connectivity index (χ4n) is 2.58. The van der Waals surface area contributed by atoms with Gasteiger partial charge in [-0.1, -0.05) is 5.92 Å². The van der Waals surface area contributed by atoms with Gasteiger partial charge in [0, 0.05) is 42.4 Å². The molecule has 0 bridgehead atoms. The molecule has 0 atom stereocenters. The number of hydrogen-bond acceptors (Lipinski definition) is 5. The maximum Gasteiger partial charge on any atom is 0.125 e. The summed E-state index contributed by atoms with van der Waals surface area (Å²) in [4.78, 5) is 8.91. The molecule has 0 saturated heterocycles. The molecule has 2 N–H and O–H groups in total. The molecule has 0 aromatic carbocycles. The van der Waals surface area contributed by atoms with Crippen molar-refractivity contribution in [3.05, 3.63) is 59.2 Å². The number of terminal acetylenes is 1. The summed E-state index contributed by atoms with van der Waals surface area (Å²) in [6, 6.07) is 3.94. The van der Waals surface area contributed by atoms with Gasteiger partial charge in [0.15, 0.2) is 0 Å². The number of anilines is 1. The van der Waals surface area contributed by atoms with Gasteiger partial charge in [-0.2, -0.15) is 0 Å². The van der Waals surface area contributed by atoms with Gasteiger partial charge in [-0.15, -0.1) is 6.42 Å². The topological polar surface area (TPSA) is 58.5 Å². The van der Waals surface area contributed by atoms with E-state index in [1.807, 2.05) is 50.4 Å². The van der Waals surface area contributed by atoms with Crippen molar-refractivity contribution in [3.63, 3.8) is 0 Å². The van der Waals surface area contributed by atoms with E-state index in [1.54, 1.807) is 0 Å². The van der Waals surface area contributed by atoms with E-state index in [1.165, 1.54) is 0 Å². The van der Waals surface area contributed by atoms with Crippen molar-refractivity contribution in [3.8, 4) is 12.3 Å². The van der Waals surface area contributed by atoms with Crippen LogP contribution in [-0.4, -0.2) is 37.2 Å². The minimum Gasteiger partial charge on any atom is -0.494 e. The van der Waals surface area contributed by atoms with Gasteiger partial charge in [-0.3, -0.25) is 9.38 Å². The number of halogens is 1. The van der Waals surface area contributed by atoms with Gasteiger partial charge in [-0.25, -0.2) is 4.98 Å². The zero-order chi connectivity index (χ0) is 20.2. The van der Waals surface area contributed by atoms with Gasteiger partial charge in [-0.05, 0) is 44.2 Å². The number of rotatable bonds is 10. The number of aromatic nitrogens is 1. The van der Waals surface area contributed by atoms with E-state index in [-0.39, 0.29) is 0 Å². The van der Waals surface area contributed by atoms with Crippen LogP contribution in [-0.2, 0) is 4.74 Å². The smallest absolute Gasteiger partial charge is 0.125 e. The molecule has 6 heteroatoms. The summed E-state index contributed by atoms with van der Waals surface area (Å²) in [5, 5.41) is 6.43. The molecule has 0 spiro atoms. The number of pyridine rings is 1. The summed E-state index contributed by atoms with van der Waals surface area (Å²) >= 11 is 0. The molecule has 5 nitrogen and oxygen atoms in total. The minimum atomic E-state index is -0.397. The number of nitrogens with zero attached hydrogens (tertiary/aromatic N) is 2. The molecule has 0 amide bonds. The highest BCUT2D eigenvalue weighted by atomic mass is 19.1. The molecule has 2 heterocycles. The van der Waals surface area contributed by atoms with Gasteiger partial charge in [0.2, 0.25) is 0 Å². The number of ether oxygens (including phenoxy) is 1. The van der Waals surface area contributed by atoms with E-state index < -0.39 is 6.67 Å². The van der Waals surface area contributed by atoms with Gasteiger partial charge in [0.25, 0.3) is 0 Å². The first-order chi connectivity index (χ1) is 13.7. The average Bonchev–Trinajstić information content (AvgIpc) is 2.73. The first kappa shape index (κ1) is 21.2. The fourth-order valence-corrected chi connectivity index (χ4v) is 2.58. The molecule has 1 aromatic rings. The second kappa shape index (κ2) is 11.6. The quantitative estimate of drug-likeness (QED) is 0.278. The summed E-state index contributed by atoms with van der Waals surface area (Å²) in [7, 11) is 0. The van der Waals surface area contributed by atoms with Gasteiger partial charge in [0.1, 0.15) is 18.2 Å². The summed E-state index contributed by atoms with van der Waals surface area (Å²) < 4.78 is 17.8. The Morgan fingerprint density at radius 2 is 2.32 bits per heavy atom. The van der Waals surface area contributed by atoms with Crippen LogP contribution >= 0.6 is 0 Å². The lowest BCUT2D eigenvalue weighted by Crippen LogP contribution is -2.21. The predicted octanol–water partition coefficient (Wildman–Crippen LogP) is 3.98. The Bertz CT molecular complexity index is 801. The van der Waals surface area contributed by atoms with Crippen molar-refractivity contribution in [2.24, 2.45) is 4.99 Å². The highest BCUT2D eigenvalue weighted by Gasteiger charge is 2.10. The Hall–Kier alpha value is -3.07. The lowest BCUT2D eigenvalue weighted by Gasteiger charge is -2.16. The van der Waals surface area contributed by atoms with Crippen LogP contribution in [0.5, 0.6) is 0 Å². The van der Waals surface area contributed by atoms with Crippen molar-refractivity contribution in [1.82, 2.24) is 10.3 Å². The van der Waals surface area contributed by atoms with Gasteiger partial charge in [0.05, 0.1) is 19.0 Å². The van der Waals surface area contributed by atoms with E-state index in [0.29, 0.717) is 31.9 Å². The first-order valence-corrected chi connectivity index (χ1v) is 9.41. The Labute approximate surface area is 166 Å². The highest BCUT2D eigenvalue weighted by molar-refractivity contribution is 6.09. The summed E-state index contributed by atoms with van der Waals surface area (Å²) in [5.41, 5.74) is 3.57. The Kier molecular flexibility index (Phi) is 8.80. The average molecular weight is 382 g/mol. The molecule has 2 rings (SSSR count). The standard InChI is InChI=1S/C22H27FN4O/c1-4-17(13-20(5-2)28-11-7-10-23)12-19-14-21(27-16-26-19)18-8-9-22(24-6-3)25-15-18/h1,5,8-9,13-15,26H,6-7,10-12,16H2,2-3H3,(H,24,25)/b17-13+,20-5+. The third-order valence-electron chi connectivity index (χ3n) is 4.00. The first-order valence-electron chi connectivity index (χ1n) is 9.41. The molecule has 0 unspecified atom stereocenters. The third kappa shape index (κ3) is 6.58. The maximum absolute atomic E-state index is 12.2. The molecular formula is C22H27FN4O. The highest BCUT2D eigenvalue weighted by Crippen LogP contribution is 2.16. The van der Waals surface area contributed by atoms with Crippen LogP contribution < -0.4 is 10.6 Å². The third-order valence-corrected chi connectivity index (χ3v) is 4.00. The van der Waals surface area contributed by atoms with Crippen molar-refractivity contribution < 1.29 is 9.13 Å². The molecule has 1 aliphatic rings. The maximum atomic E-state index is 12.2. The van der Waals surface area contributed by atoms with E-state index in [4.69, 9.17) is 11.2 Å². The molecule has 0 radical (unpaired) electrons. The second-order valence-corrected chi connectivity index (χ2v) is 6.08. The zero-order valence-corrected chi connectivity index (χ0v) is 16.5. The normalized spacial score (nSPS) is 14.5. The molecule has 0 aliphatic carbocycles. The number of hydrogen-bond donors (Lipinski definition) is 2. The van der Waals surface area contributed by atoms with Crippen LogP contribution in [0.1, 0.15) is 32.3 Å². The van der Waals surface area contributed by atoms with Crippen molar-refractivity contribution in [2.75, 3.05) is 31.8 Å². The predicted molar refractivity (Wildman–Crippen MR) is 113 cm³/mol. The molecule has 0 saturated carbocycles. The Morgan fingerprint density at radius 1 is 1.46 bits per heavy atom. The van der Waals surface area contributed by atoms with Gasteiger partial charge < -0.3 is 15.4 Å². The molecule has 148 valence electrons. The summed E-state index contributed by atoms with van der Waals surface area (Å²) in [6.45, 7) is 5.14. The fraction of sp³-hybridized carbons (Fsp3) is 0.364. The van der Waals surface area contributed by atoms with Crippen LogP contribution in [0.25, 0.3) is 0 Å². The Morgan fingerprint density at radius 3 is 2.96 bits per heavy atom. The molecule has 0 fully saturated rings. The van der Waals surface area contributed by atoms with Crippen LogP contribution in [0.2, 0.25) is 0 Å². The van der Waals surface area contributed by atoms with Crippen LogP contribution in [0.15, 0.2) is 58.6 Å². The van der Waals surface area contributed by atoms with Crippen molar-refractivity contribution in [1.29, 1.82) is 0 Å². The van der Waals surface area contributed by atoms with Gasteiger partial charge >= 0.3 is 0 Å². The molecule has 1 aromatic heterocycles. The summed E-state index contributed by atoms with van der Waals surface area (Å²) in [6.07, 6.45) is 14.0. The number of allylic oxidation sites excluding steroid dienone is 4. The largest absolute Gasteiger partial charge is 0.494 e. The van der Waals surface area contributed by atoms with E-state index in [0.717, 1.165) is 34.9 Å². The number of alkyl halides is 1. The monoisotopic (exact) mass is 382 g/mol. The SMILES string of the molecule is C#C/C(=C\C(=C/C)OCCCF)CC1=CC(c2ccc(NCC)nc2)=NCN1. The molecule has 28 heavy (non-hydrogen) atoms. The van der Waals surface area contributed by atoms with E-state index >= 15 is 0 Å². The molecular weight excluding hydrogens is 355 g/mol. The van der Waals surface area contributed by atoms with Crippen LogP contribution in [0.3, 0.4) is 0 Å². The second-order valence-electron chi connectivity index (χ2n) is 6.08.